The number of fused-ring (bicyclic) bond motifs is 1. The number of hydrogen-bond acceptors (Lipinski definition) is 5. The minimum atomic E-state index is -0.832. The first-order chi connectivity index (χ1) is 13.0. The van der Waals surface area contributed by atoms with Gasteiger partial charge in [-0.2, -0.15) is 0 Å². The number of nitrogens with one attached hydrogen (secondary N) is 1. The maximum atomic E-state index is 13.1. The fourth-order valence-electron chi connectivity index (χ4n) is 4.08. The van der Waals surface area contributed by atoms with Gasteiger partial charge in [0, 0.05) is 17.7 Å². The Hall–Kier alpha value is -2.44. The number of carboxylic acids is 1. The fourth-order valence-corrected chi connectivity index (χ4v) is 4.08. The van der Waals surface area contributed by atoms with Crippen LogP contribution < -0.4 is 5.32 Å². The maximum absolute atomic E-state index is 13.1. The lowest BCUT2D eigenvalue weighted by atomic mass is 9.86. The van der Waals surface area contributed by atoms with E-state index in [4.69, 9.17) is 4.52 Å². The molecular formula is C20H25N3O4. The van der Waals surface area contributed by atoms with Crippen molar-refractivity contribution in [3.05, 3.63) is 23.0 Å². The number of aromatic nitrogens is 2. The van der Waals surface area contributed by atoms with Gasteiger partial charge in [0.2, 0.25) is 0 Å². The van der Waals surface area contributed by atoms with E-state index in [1.807, 2.05) is 6.07 Å². The lowest BCUT2D eigenvalue weighted by Gasteiger charge is -2.27. The summed E-state index contributed by atoms with van der Waals surface area (Å²) in [4.78, 5) is 29.4. The quantitative estimate of drug-likeness (QED) is 0.851. The smallest absolute Gasteiger partial charge is 0.308 e. The molecule has 0 bridgehead atoms. The van der Waals surface area contributed by atoms with Crippen LogP contribution in [-0.4, -0.2) is 33.2 Å². The van der Waals surface area contributed by atoms with Crippen LogP contribution in [0.4, 0.5) is 0 Å². The number of amides is 1. The summed E-state index contributed by atoms with van der Waals surface area (Å²) in [6.45, 7) is 1.79. The van der Waals surface area contributed by atoms with Crippen LogP contribution in [0.3, 0.4) is 0 Å². The molecule has 2 saturated carbocycles. The third-order valence-electron chi connectivity index (χ3n) is 5.78. The van der Waals surface area contributed by atoms with Gasteiger partial charge in [-0.25, -0.2) is 4.98 Å². The molecule has 27 heavy (non-hydrogen) atoms. The molecule has 2 unspecified atom stereocenters. The average Bonchev–Trinajstić information content (AvgIpc) is 3.40. The predicted octanol–water partition coefficient (Wildman–Crippen LogP) is 3.56. The highest BCUT2D eigenvalue weighted by Gasteiger charge is 2.32. The van der Waals surface area contributed by atoms with Gasteiger partial charge in [0.15, 0.2) is 0 Å². The van der Waals surface area contributed by atoms with Gasteiger partial charge < -0.3 is 14.9 Å². The van der Waals surface area contributed by atoms with Crippen molar-refractivity contribution in [1.82, 2.24) is 15.5 Å². The van der Waals surface area contributed by atoms with Gasteiger partial charge in [0.25, 0.3) is 11.6 Å². The molecule has 7 nitrogen and oxygen atoms in total. The Kier molecular flexibility index (Phi) is 4.85. The molecule has 144 valence electrons. The van der Waals surface area contributed by atoms with E-state index >= 15 is 0 Å². The highest BCUT2D eigenvalue weighted by molar-refractivity contribution is 6.06. The molecule has 2 aliphatic carbocycles. The first-order valence-electron chi connectivity index (χ1n) is 9.85. The van der Waals surface area contributed by atoms with Gasteiger partial charge in [0.1, 0.15) is 0 Å². The van der Waals surface area contributed by atoms with Gasteiger partial charge >= 0.3 is 5.97 Å². The van der Waals surface area contributed by atoms with E-state index in [1.54, 1.807) is 6.92 Å². The Morgan fingerprint density at radius 1 is 1.15 bits per heavy atom. The lowest BCUT2D eigenvalue weighted by molar-refractivity contribution is -0.143. The van der Waals surface area contributed by atoms with Crippen molar-refractivity contribution in [2.75, 3.05) is 0 Å². The second-order valence-electron chi connectivity index (χ2n) is 7.83. The van der Waals surface area contributed by atoms with E-state index in [9.17, 15) is 14.7 Å². The molecule has 2 aliphatic rings. The Morgan fingerprint density at radius 2 is 1.89 bits per heavy atom. The topological polar surface area (TPSA) is 105 Å². The Bertz CT molecular complexity index is 871. The third kappa shape index (κ3) is 3.68. The molecule has 2 atom stereocenters. The van der Waals surface area contributed by atoms with Crippen molar-refractivity contribution in [3.8, 4) is 0 Å². The number of pyridine rings is 1. The highest BCUT2D eigenvalue weighted by atomic mass is 16.5. The largest absolute Gasteiger partial charge is 0.481 e. The number of hydrogen-bond donors (Lipinski definition) is 2. The first-order valence-corrected chi connectivity index (χ1v) is 9.85. The van der Waals surface area contributed by atoms with Crippen molar-refractivity contribution >= 4 is 23.0 Å². The Morgan fingerprint density at radius 3 is 2.59 bits per heavy atom. The summed E-state index contributed by atoms with van der Waals surface area (Å²) in [5, 5.41) is 17.2. The monoisotopic (exact) mass is 371 g/mol. The molecule has 0 spiro atoms. The summed E-state index contributed by atoms with van der Waals surface area (Å²) in [6.07, 6.45) is 7.38. The molecule has 2 fully saturated rings. The number of rotatable bonds is 4. The van der Waals surface area contributed by atoms with Crippen LogP contribution in [-0.2, 0) is 4.79 Å². The van der Waals surface area contributed by atoms with Crippen LogP contribution in [0.2, 0.25) is 0 Å². The zero-order valence-electron chi connectivity index (χ0n) is 15.5. The lowest BCUT2D eigenvalue weighted by Crippen LogP contribution is -2.44. The maximum Gasteiger partial charge on any atom is 0.308 e. The number of nitrogens with zero attached hydrogens (tertiary/aromatic N) is 2. The standard InChI is InChI=1S/C20H25N3O4/c1-11-17-14(10-16(12-8-9-12)22-19(17)27-23-11)18(24)21-15-7-5-3-2-4-6-13(15)20(25)26/h10,12-13,15H,2-9H2,1H3,(H,21,24)(H,25,26). The molecule has 0 radical (unpaired) electrons. The SMILES string of the molecule is Cc1noc2nc(C3CC3)cc(C(=O)NC3CCCCCCC3C(=O)O)c12. The van der Waals surface area contributed by atoms with Crippen LogP contribution in [0.1, 0.15) is 79.0 Å². The number of aliphatic carboxylic acids is 1. The summed E-state index contributed by atoms with van der Waals surface area (Å²) < 4.78 is 5.31. The van der Waals surface area contributed by atoms with E-state index in [2.05, 4.69) is 15.5 Å². The van der Waals surface area contributed by atoms with Crippen molar-refractivity contribution in [1.29, 1.82) is 0 Å². The minimum absolute atomic E-state index is 0.257. The Labute approximate surface area is 157 Å². The molecule has 0 saturated heterocycles. The fraction of sp³-hybridized carbons (Fsp3) is 0.600. The first kappa shape index (κ1) is 17.9. The van der Waals surface area contributed by atoms with Crippen molar-refractivity contribution < 1.29 is 19.2 Å². The van der Waals surface area contributed by atoms with E-state index in [0.29, 0.717) is 41.1 Å². The molecule has 2 heterocycles. The van der Waals surface area contributed by atoms with E-state index in [1.165, 1.54) is 0 Å². The zero-order valence-corrected chi connectivity index (χ0v) is 15.5. The molecule has 2 aromatic rings. The van der Waals surface area contributed by atoms with Crippen LogP contribution in [0.5, 0.6) is 0 Å². The minimum Gasteiger partial charge on any atom is -0.481 e. The average molecular weight is 371 g/mol. The van der Waals surface area contributed by atoms with Gasteiger partial charge in [-0.15, -0.1) is 0 Å². The Balaban J connectivity index is 1.65. The molecule has 4 rings (SSSR count). The normalized spacial score (nSPS) is 23.6. The summed E-state index contributed by atoms with van der Waals surface area (Å²) in [5.74, 6) is -1.26. The van der Waals surface area contributed by atoms with Crippen LogP contribution in [0, 0.1) is 12.8 Å². The second-order valence-corrected chi connectivity index (χ2v) is 7.83. The number of carboxylic acid groups (broad SMARTS) is 1. The second kappa shape index (κ2) is 7.29. The van der Waals surface area contributed by atoms with E-state index in [-0.39, 0.29) is 11.9 Å². The van der Waals surface area contributed by atoms with Gasteiger partial charge in [-0.3, -0.25) is 9.59 Å². The summed E-state index contributed by atoms with van der Waals surface area (Å²) in [7, 11) is 0. The summed E-state index contributed by atoms with van der Waals surface area (Å²) >= 11 is 0. The van der Waals surface area contributed by atoms with Crippen LogP contribution in [0.25, 0.3) is 11.1 Å². The van der Waals surface area contributed by atoms with Crippen molar-refractivity contribution in [2.24, 2.45) is 5.92 Å². The van der Waals surface area contributed by atoms with Crippen LogP contribution >= 0.6 is 0 Å². The number of carbonyl (C=O) groups is 2. The number of aryl methyl sites for hydroxylation is 1. The molecule has 0 aliphatic heterocycles. The van der Waals surface area contributed by atoms with Gasteiger partial charge in [-0.1, -0.05) is 30.8 Å². The molecule has 0 aromatic carbocycles. The highest BCUT2D eigenvalue weighted by Crippen LogP contribution is 2.40. The van der Waals surface area contributed by atoms with Crippen molar-refractivity contribution in [3.63, 3.8) is 0 Å². The predicted molar refractivity (Wildman–Crippen MR) is 98.6 cm³/mol. The molecular weight excluding hydrogens is 346 g/mol. The molecule has 1 amide bonds. The van der Waals surface area contributed by atoms with E-state index in [0.717, 1.165) is 44.2 Å². The third-order valence-corrected chi connectivity index (χ3v) is 5.78. The molecule has 7 heteroatoms. The van der Waals surface area contributed by atoms with Gasteiger partial charge in [0.05, 0.1) is 22.6 Å². The summed E-state index contributed by atoms with van der Waals surface area (Å²) in [5.41, 5.74) is 2.36. The number of carbonyl (C=O) groups excluding carboxylic acids is 1. The van der Waals surface area contributed by atoms with Gasteiger partial charge in [-0.05, 0) is 38.7 Å². The summed E-state index contributed by atoms with van der Waals surface area (Å²) in [6, 6.07) is 1.47. The molecule has 2 aromatic heterocycles. The molecule has 2 N–H and O–H groups in total. The van der Waals surface area contributed by atoms with Crippen molar-refractivity contribution in [2.45, 2.75) is 70.3 Å². The zero-order chi connectivity index (χ0) is 19.0. The van der Waals surface area contributed by atoms with Crippen LogP contribution in [0.15, 0.2) is 10.6 Å². The van der Waals surface area contributed by atoms with E-state index < -0.39 is 11.9 Å².